The van der Waals surface area contributed by atoms with Gasteiger partial charge in [-0.25, -0.2) is 4.79 Å². The molecule has 0 aromatic heterocycles. The number of fused-ring (bicyclic) bond motifs is 1. The van der Waals surface area contributed by atoms with Crippen molar-refractivity contribution in [3.8, 4) is 0 Å². The van der Waals surface area contributed by atoms with Gasteiger partial charge in [-0.3, -0.25) is 4.79 Å². The highest BCUT2D eigenvalue weighted by Gasteiger charge is 2.47. The van der Waals surface area contributed by atoms with E-state index in [1.165, 1.54) is 43.9 Å². The van der Waals surface area contributed by atoms with E-state index in [1.54, 1.807) is 0 Å². The van der Waals surface area contributed by atoms with Crippen LogP contribution in [0.5, 0.6) is 0 Å². The molecule has 0 N–H and O–H groups in total. The summed E-state index contributed by atoms with van der Waals surface area (Å²) in [5.74, 6) is 0.0574. The molecule has 4 nitrogen and oxygen atoms in total. The van der Waals surface area contributed by atoms with Crippen LogP contribution in [0, 0.1) is 5.41 Å². The highest BCUT2D eigenvalue weighted by atomic mass is 16.5. The largest absolute Gasteiger partial charge is 0.465 e. The lowest BCUT2D eigenvalue weighted by Crippen LogP contribution is -2.37. The van der Waals surface area contributed by atoms with Crippen LogP contribution in [0.3, 0.4) is 0 Å². The number of carbonyl (C=O) groups excluding carboxylic acids is 2. The van der Waals surface area contributed by atoms with Gasteiger partial charge in [0.15, 0.2) is 0 Å². The van der Waals surface area contributed by atoms with E-state index >= 15 is 0 Å². The average molecular weight is 327 g/mol. The van der Waals surface area contributed by atoms with Gasteiger partial charge in [0.2, 0.25) is 5.91 Å². The minimum atomic E-state index is -0.285. The van der Waals surface area contributed by atoms with Crippen molar-refractivity contribution in [3.63, 3.8) is 0 Å². The minimum absolute atomic E-state index is 0.0708. The van der Waals surface area contributed by atoms with E-state index in [1.807, 2.05) is 12.1 Å². The quantitative estimate of drug-likeness (QED) is 0.784. The predicted octanol–water partition coefficient (Wildman–Crippen LogP) is 3.12. The fraction of sp³-hybridized carbons (Fsp3) is 0.600. The van der Waals surface area contributed by atoms with Gasteiger partial charge in [0.05, 0.1) is 12.7 Å². The summed E-state index contributed by atoms with van der Waals surface area (Å²) in [6, 6.07) is 6.36. The Labute approximate surface area is 143 Å². The molecule has 2 fully saturated rings. The Kier molecular flexibility index (Phi) is 3.86. The van der Waals surface area contributed by atoms with E-state index in [9.17, 15) is 9.59 Å². The summed E-state index contributed by atoms with van der Waals surface area (Å²) in [6.45, 7) is 0.901. The Morgan fingerprint density at radius 2 is 2.00 bits per heavy atom. The van der Waals surface area contributed by atoms with E-state index in [0.29, 0.717) is 23.9 Å². The van der Waals surface area contributed by atoms with Crippen molar-refractivity contribution in [3.05, 3.63) is 34.9 Å². The van der Waals surface area contributed by atoms with Crippen LogP contribution in [-0.4, -0.2) is 36.5 Å². The van der Waals surface area contributed by atoms with Gasteiger partial charge in [0, 0.05) is 24.4 Å². The summed E-state index contributed by atoms with van der Waals surface area (Å²) >= 11 is 0. The first-order valence-electron chi connectivity index (χ1n) is 9.10. The number of likely N-dealkylation sites (tertiary alicyclic amines) is 1. The van der Waals surface area contributed by atoms with Crippen LogP contribution in [0.4, 0.5) is 0 Å². The maximum absolute atomic E-state index is 12.6. The van der Waals surface area contributed by atoms with Crippen molar-refractivity contribution >= 4 is 11.9 Å². The van der Waals surface area contributed by atoms with E-state index in [4.69, 9.17) is 4.74 Å². The highest BCUT2D eigenvalue weighted by Crippen LogP contribution is 2.45. The topological polar surface area (TPSA) is 46.6 Å². The van der Waals surface area contributed by atoms with E-state index < -0.39 is 0 Å². The molecule has 24 heavy (non-hydrogen) atoms. The summed E-state index contributed by atoms with van der Waals surface area (Å²) in [5, 5.41) is 0. The van der Waals surface area contributed by atoms with Crippen molar-refractivity contribution in [1.82, 2.24) is 4.90 Å². The molecule has 1 aliphatic heterocycles. The number of hydrogen-bond donors (Lipinski definition) is 0. The number of nitrogens with zero attached hydrogens (tertiary/aromatic N) is 1. The molecule has 0 unspecified atom stereocenters. The second kappa shape index (κ2) is 5.91. The van der Waals surface area contributed by atoms with Gasteiger partial charge in [-0.15, -0.1) is 0 Å². The Morgan fingerprint density at radius 3 is 2.75 bits per heavy atom. The minimum Gasteiger partial charge on any atom is -0.465 e. The van der Waals surface area contributed by atoms with Crippen LogP contribution in [-0.2, 0) is 22.4 Å². The third kappa shape index (κ3) is 2.62. The molecule has 0 radical (unpaired) electrons. The third-order valence-corrected chi connectivity index (χ3v) is 6.24. The van der Waals surface area contributed by atoms with Crippen LogP contribution in [0.15, 0.2) is 18.2 Å². The molecule has 4 rings (SSSR count). The number of amides is 1. The molecule has 1 heterocycles. The second-order valence-corrected chi connectivity index (χ2v) is 7.79. The van der Waals surface area contributed by atoms with Gasteiger partial charge >= 0.3 is 5.97 Å². The molecule has 3 aliphatic rings. The molecule has 0 bridgehead atoms. The number of ether oxygens (including phenoxy) is 1. The van der Waals surface area contributed by atoms with E-state index in [-0.39, 0.29) is 11.4 Å². The van der Waals surface area contributed by atoms with Crippen molar-refractivity contribution in [2.45, 2.75) is 57.4 Å². The Hall–Kier alpha value is -1.84. The van der Waals surface area contributed by atoms with Gasteiger partial charge < -0.3 is 9.64 Å². The molecule has 1 aromatic rings. The molecule has 1 aromatic carbocycles. The summed E-state index contributed by atoms with van der Waals surface area (Å²) in [4.78, 5) is 26.6. The van der Waals surface area contributed by atoms with Gasteiger partial charge in [0.1, 0.15) is 0 Å². The van der Waals surface area contributed by atoms with Crippen LogP contribution < -0.4 is 0 Å². The number of hydrogen-bond acceptors (Lipinski definition) is 3. The van der Waals surface area contributed by atoms with Crippen molar-refractivity contribution in [1.29, 1.82) is 0 Å². The smallest absolute Gasteiger partial charge is 0.337 e. The van der Waals surface area contributed by atoms with Crippen LogP contribution in [0.1, 0.15) is 60.0 Å². The number of methoxy groups -OCH3 is 1. The molecular weight excluding hydrogens is 302 g/mol. The second-order valence-electron chi connectivity index (χ2n) is 7.79. The maximum Gasteiger partial charge on any atom is 0.337 e. The van der Waals surface area contributed by atoms with E-state index in [0.717, 1.165) is 25.8 Å². The first-order valence-corrected chi connectivity index (χ1v) is 9.10. The third-order valence-electron chi connectivity index (χ3n) is 6.24. The normalized spacial score (nSPS) is 26.9. The van der Waals surface area contributed by atoms with Gasteiger partial charge in [-0.05, 0) is 55.4 Å². The Bertz CT molecular complexity index is 677. The molecular formula is C20H25NO3. The van der Waals surface area contributed by atoms with Gasteiger partial charge in [-0.1, -0.05) is 18.9 Å². The molecule has 1 atom stereocenters. The summed E-state index contributed by atoms with van der Waals surface area (Å²) in [7, 11) is 1.42. The van der Waals surface area contributed by atoms with Crippen LogP contribution in [0.2, 0.25) is 0 Å². The zero-order valence-electron chi connectivity index (χ0n) is 14.3. The van der Waals surface area contributed by atoms with Gasteiger partial charge in [-0.2, -0.15) is 0 Å². The lowest BCUT2D eigenvalue weighted by molar-refractivity contribution is -0.129. The fourth-order valence-electron chi connectivity index (χ4n) is 4.93. The summed E-state index contributed by atoms with van der Waals surface area (Å²) in [6.07, 6.45) is 8.51. The molecule has 1 saturated heterocycles. The molecule has 1 spiro atoms. The molecule has 1 amide bonds. The highest BCUT2D eigenvalue weighted by molar-refractivity contribution is 5.89. The average Bonchev–Trinajstić information content (AvgIpc) is 3.21. The fourth-order valence-corrected chi connectivity index (χ4v) is 4.93. The van der Waals surface area contributed by atoms with Crippen molar-refractivity contribution in [2.24, 2.45) is 5.41 Å². The number of benzene rings is 1. The standard InChI is InChI=1S/C20H25NO3/c1-24-19(23)15-7-6-14-8-9-20(11-16(14)10-15)12-18(22)21(13-20)17-4-2-3-5-17/h6-7,10,17H,2-5,8-9,11-13H2,1H3/t20-/m0/s1. The first kappa shape index (κ1) is 15.7. The van der Waals surface area contributed by atoms with Crippen LogP contribution in [0.25, 0.3) is 0 Å². The Balaban J connectivity index is 1.57. The number of rotatable bonds is 2. The molecule has 1 saturated carbocycles. The number of carbonyl (C=O) groups is 2. The lowest BCUT2D eigenvalue weighted by atomic mass is 9.70. The zero-order chi connectivity index (χ0) is 16.7. The zero-order valence-corrected chi connectivity index (χ0v) is 14.3. The number of esters is 1. The maximum atomic E-state index is 12.6. The SMILES string of the molecule is COC(=O)c1ccc2c(c1)C[C@@]1(CC2)CC(=O)N(C2CCCC2)C1. The van der Waals surface area contributed by atoms with Crippen molar-refractivity contribution < 1.29 is 14.3 Å². The molecule has 2 aliphatic carbocycles. The van der Waals surface area contributed by atoms with Gasteiger partial charge in [0.25, 0.3) is 0 Å². The lowest BCUT2D eigenvalue weighted by Gasteiger charge is -2.35. The van der Waals surface area contributed by atoms with Crippen molar-refractivity contribution in [2.75, 3.05) is 13.7 Å². The summed E-state index contributed by atoms with van der Waals surface area (Å²) < 4.78 is 4.84. The Morgan fingerprint density at radius 1 is 1.21 bits per heavy atom. The van der Waals surface area contributed by atoms with E-state index in [2.05, 4.69) is 11.0 Å². The first-order chi connectivity index (χ1) is 11.6. The molecule has 128 valence electrons. The van der Waals surface area contributed by atoms with Crippen LogP contribution >= 0.6 is 0 Å². The number of aryl methyl sites for hydroxylation is 1. The predicted molar refractivity (Wildman–Crippen MR) is 90.8 cm³/mol. The summed E-state index contributed by atoms with van der Waals surface area (Å²) in [5.41, 5.74) is 3.23. The molecule has 4 heteroatoms. The monoisotopic (exact) mass is 327 g/mol.